The Morgan fingerprint density at radius 3 is 1.37 bits per heavy atom. The first kappa shape index (κ1) is 60.6. The first-order valence-corrected chi connectivity index (χ1v) is 27.0. The van der Waals surface area contributed by atoms with Crippen molar-refractivity contribution in [2.75, 3.05) is 6.61 Å². The monoisotopic (exact) mass is 882 g/mol. The first-order valence-electron chi connectivity index (χ1n) is 27.0. The summed E-state index contributed by atoms with van der Waals surface area (Å²) >= 11 is 0. The van der Waals surface area contributed by atoms with Crippen LogP contribution in [-0.4, -0.2) is 46.9 Å². The fourth-order valence-corrected chi connectivity index (χ4v) is 7.96. The van der Waals surface area contributed by atoms with Crippen LogP contribution in [0.25, 0.3) is 0 Å². The Morgan fingerprint density at radius 2 is 0.857 bits per heavy atom. The van der Waals surface area contributed by atoms with Crippen LogP contribution in [0.4, 0.5) is 0 Å². The molecule has 0 radical (unpaired) electrons. The Labute approximate surface area is 390 Å². The fourth-order valence-electron chi connectivity index (χ4n) is 7.96. The van der Waals surface area contributed by atoms with E-state index in [0.717, 1.165) is 77.0 Å². The van der Waals surface area contributed by atoms with Gasteiger partial charge in [-0.3, -0.25) is 9.59 Å². The van der Waals surface area contributed by atoms with Gasteiger partial charge in [-0.2, -0.15) is 0 Å². The highest BCUT2D eigenvalue weighted by molar-refractivity contribution is 5.77. The molecular weight excluding hydrogens is 779 g/mol. The topological polar surface area (TPSA) is 95.9 Å². The van der Waals surface area contributed by atoms with Crippen LogP contribution in [-0.2, 0) is 14.3 Å². The third-order valence-corrected chi connectivity index (χ3v) is 12.1. The van der Waals surface area contributed by atoms with Gasteiger partial charge in [0.25, 0.3) is 0 Å². The zero-order valence-corrected chi connectivity index (χ0v) is 41.7. The first-order chi connectivity index (χ1) is 31.0. The molecule has 0 fully saturated rings. The number of esters is 1. The van der Waals surface area contributed by atoms with E-state index in [1.165, 1.54) is 141 Å². The van der Waals surface area contributed by atoms with E-state index in [2.05, 4.69) is 86.8 Å². The summed E-state index contributed by atoms with van der Waals surface area (Å²) in [5.41, 5.74) is 0. The van der Waals surface area contributed by atoms with Crippen molar-refractivity contribution in [1.82, 2.24) is 5.32 Å². The molecule has 6 nitrogen and oxygen atoms in total. The summed E-state index contributed by atoms with van der Waals surface area (Å²) in [6, 6.07) is -0.718. The molecule has 0 aliphatic rings. The van der Waals surface area contributed by atoms with Gasteiger partial charge in [0.15, 0.2) is 0 Å². The van der Waals surface area contributed by atoms with E-state index in [-0.39, 0.29) is 24.9 Å². The van der Waals surface area contributed by atoms with Gasteiger partial charge in [0, 0.05) is 6.42 Å². The summed E-state index contributed by atoms with van der Waals surface area (Å²) in [4.78, 5) is 26.2. The van der Waals surface area contributed by atoms with E-state index in [1.807, 2.05) is 0 Å². The van der Waals surface area contributed by atoms with Crippen molar-refractivity contribution in [2.45, 2.75) is 283 Å². The third kappa shape index (κ3) is 45.9. The van der Waals surface area contributed by atoms with Crippen LogP contribution < -0.4 is 5.32 Å². The van der Waals surface area contributed by atoms with Crippen LogP contribution in [0.1, 0.15) is 265 Å². The van der Waals surface area contributed by atoms with Crippen LogP contribution in [0, 0.1) is 0 Å². The zero-order chi connectivity index (χ0) is 45.9. The molecule has 366 valence electrons. The molecule has 0 saturated carbocycles. The summed E-state index contributed by atoms with van der Waals surface area (Å²) in [6.07, 6.45) is 62.7. The maximum absolute atomic E-state index is 13.2. The number of carbonyl (C=O) groups is 2. The van der Waals surface area contributed by atoms with Crippen molar-refractivity contribution >= 4 is 11.9 Å². The number of hydrogen-bond donors (Lipinski definition) is 3. The number of unbranched alkanes of at least 4 members (excludes halogenated alkanes) is 27. The second-order valence-corrected chi connectivity index (χ2v) is 18.3. The number of ether oxygens (including phenoxy) is 1. The summed E-state index contributed by atoms with van der Waals surface area (Å²) < 4.78 is 5.92. The van der Waals surface area contributed by atoms with E-state index >= 15 is 0 Å². The molecule has 3 N–H and O–H groups in total. The minimum absolute atomic E-state index is 0.0462. The largest absolute Gasteiger partial charge is 0.462 e. The standard InChI is InChI=1S/C57H103NO5/c1-4-7-10-13-16-19-22-25-28-30-33-36-39-42-45-48-53(63-57(62)50-47-44-41-38-35-32-29-26-23-20-17-14-11-8-5-2)51-56(61)58-54(52-59)55(60)49-46-43-40-37-34-31-27-24-21-18-15-12-9-6-3/h16-17,19-20,23,25-26,28,33,36,53-55,59-60H,4-15,18,21-22,24,27,29-32,34-35,37-52H2,1-3H3,(H,58,61)/b19-16-,20-17+,26-23+,28-25-,36-33-. The number of carbonyl (C=O) groups excluding carboxylic acids is 2. The summed E-state index contributed by atoms with van der Waals surface area (Å²) in [5.74, 6) is -0.521. The van der Waals surface area contributed by atoms with Gasteiger partial charge in [-0.25, -0.2) is 0 Å². The smallest absolute Gasteiger partial charge is 0.306 e. The van der Waals surface area contributed by atoms with Crippen molar-refractivity contribution in [2.24, 2.45) is 0 Å². The van der Waals surface area contributed by atoms with E-state index in [9.17, 15) is 19.8 Å². The predicted octanol–water partition coefficient (Wildman–Crippen LogP) is 16.4. The molecule has 63 heavy (non-hydrogen) atoms. The average Bonchev–Trinajstić information content (AvgIpc) is 3.28. The lowest BCUT2D eigenvalue weighted by Gasteiger charge is -2.24. The summed E-state index contributed by atoms with van der Waals surface area (Å²) in [6.45, 7) is 6.42. The fraction of sp³-hybridized carbons (Fsp3) is 0.789. The van der Waals surface area contributed by atoms with Crippen LogP contribution >= 0.6 is 0 Å². The molecule has 0 heterocycles. The van der Waals surface area contributed by atoms with Crippen molar-refractivity contribution in [1.29, 1.82) is 0 Å². The molecule has 0 bridgehead atoms. The number of amides is 1. The van der Waals surface area contributed by atoms with E-state index in [1.54, 1.807) is 0 Å². The van der Waals surface area contributed by atoms with E-state index in [0.29, 0.717) is 19.3 Å². The molecule has 3 atom stereocenters. The summed E-state index contributed by atoms with van der Waals surface area (Å²) in [5, 5.41) is 23.8. The van der Waals surface area contributed by atoms with Gasteiger partial charge >= 0.3 is 5.97 Å². The van der Waals surface area contributed by atoms with Gasteiger partial charge in [0.05, 0.1) is 25.2 Å². The number of hydrogen-bond acceptors (Lipinski definition) is 5. The number of allylic oxidation sites excluding steroid dienone is 10. The molecule has 0 aromatic rings. The molecule has 3 unspecified atom stereocenters. The molecule has 0 saturated heterocycles. The van der Waals surface area contributed by atoms with Gasteiger partial charge in [0.2, 0.25) is 5.91 Å². The van der Waals surface area contributed by atoms with Gasteiger partial charge in [0.1, 0.15) is 6.10 Å². The Morgan fingerprint density at radius 1 is 0.476 bits per heavy atom. The number of nitrogens with one attached hydrogen (secondary N) is 1. The summed E-state index contributed by atoms with van der Waals surface area (Å²) in [7, 11) is 0. The predicted molar refractivity (Wildman–Crippen MR) is 273 cm³/mol. The highest BCUT2D eigenvalue weighted by Gasteiger charge is 2.24. The molecule has 0 aromatic heterocycles. The van der Waals surface area contributed by atoms with Crippen molar-refractivity contribution < 1.29 is 24.5 Å². The molecule has 0 aliphatic heterocycles. The van der Waals surface area contributed by atoms with Gasteiger partial charge in [-0.05, 0) is 89.9 Å². The average molecular weight is 882 g/mol. The molecule has 0 rings (SSSR count). The van der Waals surface area contributed by atoms with Crippen LogP contribution in [0.3, 0.4) is 0 Å². The van der Waals surface area contributed by atoms with E-state index in [4.69, 9.17) is 4.74 Å². The lowest BCUT2D eigenvalue weighted by Crippen LogP contribution is -2.46. The SMILES string of the molecule is CCCCC/C=C\C/C=C\C/C=C\CCCCC(CC(=O)NC(CO)C(O)CCCCCCCCCCCCCCCC)OC(=O)CCCCCCCC/C=C/C=C/CCCCC. The molecule has 0 aromatic carbocycles. The van der Waals surface area contributed by atoms with Gasteiger partial charge in [-0.15, -0.1) is 0 Å². The quantitative estimate of drug-likeness (QED) is 0.0245. The van der Waals surface area contributed by atoms with Gasteiger partial charge < -0.3 is 20.3 Å². The number of aliphatic hydroxyl groups is 2. The maximum Gasteiger partial charge on any atom is 0.306 e. The Balaban J connectivity index is 4.66. The van der Waals surface area contributed by atoms with Crippen molar-refractivity contribution in [3.63, 3.8) is 0 Å². The van der Waals surface area contributed by atoms with E-state index < -0.39 is 18.2 Å². The molecule has 1 amide bonds. The minimum atomic E-state index is -0.801. The van der Waals surface area contributed by atoms with Crippen LogP contribution in [0.2, 0.25) is 0 Å². The Hall–Kier alpha value is -2.44. The Kier molecular flexibility index (Phi) is 48.6. The molecule has 6 heteroatoms. The highest BCUT2D eigenvalue weighted by atomic mass is 16.5. The molecule has 0 spiro atoms. The maximum atomic E-state index is 13.2. The van der Waals surface area contributed by atoms with Crippen molar-refractivity contribution in [3.05, 3.63) is 60.8 Å². The lowest BCUT2D eigenvalue weighted by atomic mass is 10.0. The molecule has 0 aliphatic carbocycles. The second kappa shape index (κ2) is 50.6. The third-order valence-electron chi connectivity index (χ3n) is 12.1. The van der Waals surface area contributed by atoms with Crippen LogP contribution in [0.5, 0.6) is 0 Å². The Bertz CT molecular complexity index is 1130. The number of aliphatic hydroxyl groups excluding tert-OH is 2. The minimum Gasteiger partial charge on any atom is -0.462 e. The zero-order valence-electron chi connectivity index (χ0n) is 41.7. The highest BCUT2D eigenvalue weighted by Crippen LogP contribution is 2.17. The van der Waals surface area contributed by atoms with Crippen molar-refractivity contribution in [3.8, 4) is 0 Å². The normalized spacial score (nSPS) is 13.7. The number of rotatable bonds is 48. The lowest BCUT2D eigenvalue weighted by molar-refractivity contribution is -0.151. The van der Waals surface area contributed by atoms with Crippen LogP contribution in [0.15, 0.2) is 60.8 Å². The second-order valence-electron chi connectivity index (χ2n) is 18.3. The molecular formula is C57H103NO5. The van der Waals surface area contributed by atoms with Gasteiger partial charge in [-0.1, -0.05) is 223 Å².